The minimum Gasteiger partial charge on any atom is -0.507 e. The highest BCUT2D eigenvalue weighted by Gasteiger charge is 2.18. The van der Waals surface area contributed by atoms with Crippen LogP contribution in [0.4, 0.5) is 5.82 Å². The molecule has 0 radical (unpaired) electrons. The third-order valence-electron chi connectivity index (χ3n) is 5.32. The largest absolute Gasteiger partial charge is 0.507 e. The van der Waals surface area contributed by atoms with E-state index in [9.17, 15) is 5.11 Å². The van der Waals surface area contributed by atoms with Gasteiger partial charge in [-0.3, -0.25) is 0 Å². The number of likely N-dealkylation sites (N-methyl/N-ethyl adjacent to an activating group) is 1. The van der Waals surface area contributed by atoms with Crippen LogP contribution in [0.15, 0.2) is 54.6 Å². The Hall–Kier alpha value is -2.92. The van der Waals surface area contributed by atoms with Gasteiger partial charge in [0.2, 0.25) is 0 Å². The molecule has 1 fully saturated rings. The van der Waals surface area contributed by atoms with Crippen LogP contribution in [0.25, 0.3) is 22.4 Å². The van der Waals surface area contributed by atoms with Crippen molar-refractivity contribution in [2.24, 2.45) is 0 Å². The molecule has 1 atom stereocenters. The van der Waals surface area contributed by atoms with E-state index >= 15 is 0 Å². The minimum absolute atomic E-state index is 0.216. The van der Waals surface area contributed by atoms with Gasteiger partial charge in [-0.2, -0.15) is 0 Å². The van der Waals surface area contributed by atoms with E-state index in [1.54, 1.807) is 6.07 Å². The van der Waals surface area contributed by atoms with Crippen molar-refractivity contribution < 1.29 is 5.11 Å². The van der Waals surface area contributed by atoms with Gasteiger partial charge in [0.25, 0.3) is 0 Å². The van der Waals surface area contributed by atoms with Crippen molar-refractivity contribution in [3.05, 3.63) is 60.2 Å². The maximum atomic E-state index is 10.6. The number of rotatable bonds is 4. The van der Waals surface area contributed by atoms with E-state index < -0.39 is 0 Å². The van der Waals surface area contributed by atoms with Crippen molar-refractivity contribution in [3.8, 4) is 28.1 Å². The van der Waals surface area contributed by atoms with E-state index in [0.717, 1.165) is 42.0 Å². The Morgan fingerprint density at radius 3 is 2.57 bits per heavy atom. The highest BCUT2D eigenvalue weighted by atomic mass is 16.3. The molecule has 28 heavy (non-hydrogen) atoms. The normalized spacial score (nSPS) is 17.4. The van der Waals surface area contributed by atoms with E-state index in [-0.39, 0.29) is 5.75 Å². The lowest BCUT2D eigenvalue weighted by Crippen LogP contribution is -2.39. The zero-order chi connectivity index (χ0) is 19.5. The molecule has 1 saturated heterocycles. The van der Waals surface area contributed by atoms with Crippen LogP contribution >= 0.6 is 0 Å². The molecule has 5 nitrogen and oxygen atoms in total. The van der Waals surface area contributed by atoms with Crippen molar-refractivity contribution in [1.29, 1.82) is 0 Å². The van der Waals surface area contributed by atoms with Crippen molar-refractivity contribution >= 4 is 5.82 Å². The van der Waals surface area contributed by atoms with Gasteiger partial charge in [0.15, 0.2) is 0 Å². The summed E-state index contributed by atoms with van der Waals surface area (Å²) in [5.41, 5.74) is 4.46. The quantitative estimate of drug-likeness (QED) is 0.712. The molecule has 2 aromatic carbocycles. The van der Waals surface area contributed by atoms with Crippen molar-refractivity contribution in [2.45, 2.75) is 25.8 Å². The van der Waals surface area contributed by atoms with Crippen molar-refractivity contribution in [2.75, 3.05) is 25.5 Å². The van der Waals surface area contributed by atoms with Crippen LogP contribution in [0.3, 0.4) is 0 Å². The molecule has 1 aliphatic heterocycles. The molecule has 0 unspecified atom stereocenters. The average molecular weight is 374 g/mol. The summed E-state index contributed by atoms with van der Waals surface area (Å²) >= 11 is 0. The highest BCUT2D eigenvalue weighted by Crippen LogP contribution is 2.34. The topological polar surface area (TPSA) is 61.3 Å². The van der Waals surface area contributed by atoms with Crippen LogP contribution in [0, 0.1) is 6.92 Å². The van der Waals surface area contributed by atoms with E-state index in [0.29, 0.717) is 17.3 Å². The number of benzene rings is 2. The third-order valence-corrected chi connectivity index (χ3v) is 5.32. The van der Waals surface area contributed by atoms with Crippen LogP contribution in [0.5, 0.6) is 5.75 Å². The van der Waals surface area contributed by atoms with Crippen LogP contribution in [0.2, 0.25) is 0 Å². The molecule has 1 aliphatic rings. The van der Waals surface area contributed by atoms with Gasteiger partial charge in [0, 0.05) is 18.2 Å². The zero-order valence-corrected chi connectivity index (χ0v) is 16.4. The monoisotopic (exact) mass is 374 g/mol. The number of anilines is 1. The number of phenols is 1. The summed E-state index contributed by atoms with van der Waals surface area (Å²) in [5, 5.41) is 22.9. The Morgan fingerprint density at radius 2 is 1.86 bits per heavy atom. The summed E-state index contributed by atoms with van der Waals surface area (Å²) in [7, 11) is 2.15. The predicted octanol–water partition coefficient (Wildman–Crippen LogP) is 4.33. The highest BCUT2D eigenvalue weighted by molar-refractivity contribution is 5.75. The Balaban J connectivity index is 1.56. The second-order valence-corrected chi connectivity index (χ2v) is 7.60. The number of piperidine rings is 1. The van der Waals surface area contributed by atoms with Gasteiger partial charge in [0.05, 0.1) is 5.69 Å². The number of hydrogen-bond donors (Lipinski definition) is 2. The predicted molar refractivity (Wildman–Crippen MR) is 113 cm³/mol. The van der Waals surface area contributed by atoms with Crippen LogP contribution in [-0.4, -0.2) is 46.4 Å². The Kier molecular flexibility index (Phi) is 5.26. The fourth-order valence-electron chi connectivity index (χ4n) is 3.86. The molecule has 5 heteroatoms. The van der Waals surface area contributed by atoms with E-state index in [4.69, 9.17) is 0 Å². The molecule has 1 aromatic heterocycles. The minimum atomic E-state index is 0.216. The summed E-state index contributed by atoms with van der Waals surface area (Å²) in [6.45, 7) is 4.18. The van der Waals surface area contributed by atoms with E-state index in [1.807, 2.05) is 55.5 Å². The lowest BCUT2D eigenvalue weighted by Gasteiger charge is -2.30. The van der Waals surface area contributed by atoms with E-state index in [1.165, 1.54) is 6.42 Å². The van der Waals surface area contributed by atoms with Crippen molar-refractivity contribution in [3.63, 3.8) is 0 Å². The molecule has 0 amide bonds. The molecular weight excluding hydrogens is 348 g/mol. The van der Waals surface area contributed by atoms with Gasteiger partial charge in [-0.15, -0.1) is 10.2 Å². The van der Waals surface area contributed by atoms with Gasteiger partial charge >= 0.3 is 0 Å². The third kappa shape index (κ3) is 3.99. The number of hydrogen-bond acceptors (Lipinski definition) is 5. The molecule has 2 N–H and O–H groups in total. The van der Waals surface area contributed by atoms with E-state index in [2.05, 4.69) is 27.5 Å². The number of aryl methyl sites for hydroxylation is 1. The van der Waals surface area contributed by atoms with Gasteiger partial charge in [-0.1, -0.05) is 36.4 Å². The smallest absolute Gasteiger partial charge is 0.149 e. The Morgan fingerprint density at radius 1 is 1.04 bits per heavy atom. The molecule has 2 heterocycles. The lowest BCUT2D eigenvalue weighted by molar-refractivity contribution is 0.260. The first-order chi connectivity index (χ1) is 13.6. The molecule has 4 rings (SSSR count). The number of nitrogens with zero attached hydrogens (tertiary/aromatic N) is 3. The first kappa shape index (κ1) is 18.4. The number of aromatic nitrogens is 2. The zero-order valence-electron chi connectivity index (χ0n) is 16.4. The molecule has 3 aromatic rings. The standard InChI is InChI=1S/C23H26N4O/c1-16-13-22(24-19-9-6-12-27(2)15-19)25-26-23(16)20-11-10-18(14-21(20)28)17-7-4-3-5-8-17/h3-5,7-8,10-11,13-14,19,28H,6,9,12,15H2,1-2H3,(H,24,25)/t19-/m0/s1. The fourth-order valence-corrected chi connectivity index (χ4v) is 3.86. The fraction of sp³-hybridized carbons (Fsp3) is 0.304. The molecule has 0 bridgehead atoms. The molecule has 144 valence electrons. The summed E-state index contributed by atoms with van der Waals surface area (Å²) in [6.07, 6.45) is 2.34. The van der Waals surface area contributed by atoms with Gasteiger partial charge < -0.3 is 15.3 Å². The average Bonchev–Trinajstić information content (AvgIpc) is 2.69. The first-order valence-corrected chi connectivity index (χ1v) is 9.78. The Labute approximate surface area is 166 Å². The Bertz CT molecular complexity index is 958. The maximum absolute atomic E-state index is 10.6. The van der Waals surface area contributed by atoms with Crippen LogP contribution in [0.1, 0.15) is 18.4 Å². The molecule has 0 spiro atoms. The summed E-state index contributed by atoms with van der Waals surface area (Å²) in [5.74, 6) is 1.01. The number of nitrogens with one attached hydrogen (secondary N) is 1. The molecule has 0 aliphatic carbocycles. The molecular formula is C23H26N4O. The van der Waals surface area contributed by atoms with Gasteiger partial charge in [-0.25, -0.2) is 0 Å². The van der Waals surface area contributed by atoms with Crippen molar-refractivity contribution in [1.82, 2.24) is 15.1 Å². The molecule has 0 saturated carbocycles. The second-order valence-electron chi connectivity index (χ2n) is 7.60. The summed E-state index contributed by atoms with van der Waals surface area (Å²) in [4.78, 5) is 2.34. The number of likely N-dealkylation sites (tertiary alicyclic amines) is 1. The summed E-state index contributed by atoms with van der Waals surface area (Å²) in [6, 6.07) is 18.2. The SMILES string of the molecule is Cc1cc(N[C@H]2CCCN(C)C2)nnc1-c1ccc(-c2ccccc2)cc1O. The second kappa shape index (κ2) is 7.98. The van der Waals surface area contributed by atoms with Gasteiger partial charge in [0.1, 0.15) is 11.6 Å². The number of phenolic OH excluding ortho intramolecular Hbond substituents is 1. The lowest BCUT2D eigenvalue weighted by atomic mass is 10.00. The maximum Gasteiger partial charge on any atom is 0.149 e. The summed E-state index contributed by atoms with van der Waals surface area (Å²) < 4.78 is 0. The van der Waals surface area contributed by atoms with Gasteiger partial charge in [-0.05, 0) is 68.2 Å². The van der Waals surface area contributed by atoms with Crippen LogP contribution in [-0.2, 0) is 0 Å². The number of aromatic hydroxyl groups is 1. The van der Waals surface area contributed by atoms with Crippen LogP contribution < -0.4 is 5.32 Å². The first-order valence-electron chi connectivity index (χ1n) is 9.78.